The minimum atomic E-state index is 0.179. The second-order valence-electron chi connectivity index (χ2n) is 5.89. The molecule has 19 heavy (non-hydrogen) atoms. The molecule has 0 spiro atoms. The highest BCUT2D eigenvalue weighted by molar-refractivity contribution is 7.99. The molecule has 1 aliphatic heterocycles. The molecule has 0 saturated carbocycles. The SMILES string of the molecule is CNCC(C)(CN(C)C1CCSC1)c1ccccc1. The van der Waals surface area contributed by atoms with Crippen LogP contribution in [0.3, 0.4) is 0 Å². The van der Waals surface area contributed by atoms with E-state index in [0.29, 0.717) is 0 Å². The van der Waals surface area contributed by atoms with Crippen molar-refractivity contribution in [3.63, 3.8) is 0 Å². The van der Waals surface area contributed by atoms with Crippen molar-refractivity contribution in [1.82, 2.24) is 10.2 Å². The average Bonchev–Trinajstić information content (AvgIpc) is 2.94. The number of rotatable bonds is 6. The van der Waals surface area contributed by atoms with Gasteiger partial charge in [-0.05, 0) is 31.8 Å². The maximum atomic E-state index is 3.37. The smallest absolute Gasteiger partial charge is 0.0191 e. The monoisotopic (exact) mass is 278 g/mol. The summed E-state index contributed by atoms with van der Waals surface area (Å²) in [6.07, 6.45) is 1.34. The van der Waals surface area contributed by atoms with E-state index in [9.17, 15) is 0 Å². The van der Waals surface area contributed by atoms with Crippen LogP contribution in [-0.2, 0) is 5.41 Å². The number of nitrogens with zero attached hydrogens (tertiary/aromatic N) is 1. The third kappa shape index (κ3) is 3.74. The van der Waals surface area contributed by atoms with E-state index in [2.05, 4.69) is 66.3 Å². The molecule has 2 atom stereocenters. The van der Waals surface area contributed by atoms with Crippen LogP contribution in [0.1, 0.15) is 18.9 Å². The van der Waals surface area contributed by atoms with Crippen LogP contribution in [0.15, 0.2) is 30.3 Å². The minimum Gasteiger partial charge on any atom is -0.319 e. The van der Waals surface area contributed by atoms with Crippen LogP contribution in [0, 0.1) is 0 Å². The van der Waals surface area contributed by atoms with Gasteiger partial charge in [-0.1, -0.05) is 37.3 Å². The van der Waals surface area contributed by atoms with E-state index >= 15 is 0 Å². The Hall–Kier alpha value is -0.510. The molecule has 2 rings (SSSR count). The Morgan fingerprint density at radius 3 is 2.68 bits per heavy atom. The molecule has 1 N–H and O–H groups in total. The number of thioether (sulfide) groups is 1. The highest BCUT2D eigenvalue weighted by atomic mass is 32.2. The van der Waals surface area contributed by atoms with Crippen LogP contribution >= 0.6 is 11.8 Å². The lowest BCUT2D eigenvalue weighted by Gasteiger charge is -2.36. The molecule has 3 heteroatoms. The Bertz CT molecular complexity index is 376. The number of benzene rings is 1. The van der Waals surface area contributed by atoms with Gasteiger partial charge in [-0.2, -0.15) is 11.8 Å². The summed E-state index contributed by atoms with van der Waals surface area (Å²) in [5, 5.41) is 3.37. The van der Waals surface area contributed by atoms with E-state index in [-0.39, 0.29) is 5.41 Å². The van der Waals surface area contributed by atoms with Crippen LogP contribution in [0.4, 0.5) is 0 Å². The summed E-state index contributed by atoms with van der Waals surface area (Å²) in [6, 6.07) is 11.7. The second-order valence-corrected chi connectivity index (χ2v) is 7.04. The second kappa shape index (κ2) is 6.78. The van der Waals surface area contributed by atoms with Gasteiger partial charge in [0.15, 0.2) is 0 Å². The highest BCUT2D eigenvalue weighted by Gasteiger charge is 2.30. The van der Waals surface area contributed by atoms with E-state index in [0.717, 1.165) is 19.1 Å². The van der Waals surface area contributed by atoms with Crippen molar-refractivity contribution in [2.45, 2.75) is 24.8 Å². The standard InChI is InChI=1S/C16H26N2S/c1-16(12-17-2,14-7-5-4-6-8-14)13-18(3)15-9-10-19-11-15/h4-8,15,17H,9-13H2,1-3H3. The van der Waals surface area contributed by atoms with Gasteiger partial charge < -0.3 is 10.2 Å². The Labute approximate surface area is 122 Å². The maximum Gasteiger partial charge on any atom is 0.0191 e. The maximum absolute atomic E-state index is 3.37. The Balaban J connectivity index is 2.10. The zero-order valence-corrected chi connectivity index (χ0v) is 13.2. The topological polar surface area (TPSA) is 15.3 Å². The summed E-state index contributed by atoms with van der Waals surface area (Å²) in [6.45, 7) is 4.50. The third-order valence-electron chi connectivity index (χ3n) is 4.17. The number of nitrogens with one attached hydrogen (secondary N) is 1. The normalized spacial score (nSPS) is 22.6. The molecule has 0 radical (unpaired) electrons. The predicted octanol–water partition coefficient (Wildman–Crippen LogP) is 2.60. The molecule has 1 fully saturated rings. The largest absolute Gasteiger partial charge is 0.319 e. The fraction of sp³-hybridized carbons (Fsp3) is 0.625. The van der Waals surface area contributed by atoms with Crippen molar-refractivity contribution < 1.29 is 0 Å². The van der Waals surface area contributed by atoms with Gasteiger partial charge in [0.1, 0.15) is 0 Å². The molecule has 0 aromatic heterocycles. The van der Waals surface area contributed by atoms with E-state index < -0.39 is 0 Å². The third-order valence-corrected chi connectivity index (χ3v) is 5.31. The van der Waals surface area contributed by atoms with Crippen LogP contribution < -0.4 is 5.32 Å². The van der Waals surface area contributed by atoms with Crippen LogP contribution in [0.25, 0.3) is 0 Å². The summed E-state index contributed by atoms with van der Waals surface area (Å²) in [7, 11) is 4.33. The molecule has 1 aromatic rings. The van der Waals surface area contributed by atoms with Crippen LogP contribution in [0.5, 0.6) is 0 Å². The molecule has 1 heterocycles. The van der Waals surface area contributed by atoms with Gasteiger partial charge in [0.2, 0.25) is 0 Å². The summed E-state index contributed by atoms with van der Waals surface area (Å²) < 4.78 is 0. The van der Waals surface area contributed by atoms with E-state index in [4.69, 9.17) is 0 Å². The quantitative estimate of drug-likeness (QED) is 0.861. The van der Waals surface area contributed by atoms with Crippen LogP contribution in [0.2, 0.25) is 0 Å². The summed E-state index contributed by atoms with van der Waals surface area (Å²) in [5.41, 5.74) is 1.61. The molecule has 1 aliphatic rings. The molecule has 1 aromatic carbocycles. The lowest BCUT2D eigenvalue weighted by molar-refractivity contribution is 0.204. The van der Waals surface area contributed by atoms with Crippen molar-refractivity contribution in [3.05, 3.63) is 35.9 Å². The van der Waals surface area contributed by atoms with Crippen molar-refractivity contribution in [2.75, 3.05) is 38.7 Å². The molecule has 1 saturated heterocycles. The Kier molecular flexibility index (Phi) is 5.31. The molecule has 0 amide bonds. The average molecular weight is 278 g/mol. The number of likely N-dealkylation sites (N-methyl/N-ethyl adjacent to an activating group) is 2. The fourth-order valence-electron chi connectivity index (χ4n) is 3.03. The van der Waals surface area contributed by atoms with Crippen molar-refractivity contribution in [1.29, 1.82) is 0 Å². The molecule has 2 unspecified atom stereocenters. The summed E-state index contributed by atoms with van der Waals surface area (Å²) >= 11 is 2.09. The fourth-order valence-corrected chi connectivity index (χ4v) is 4.33. The van der Waals surface area contributed by atoms with Crippen molar-refractivity contribution in [2.24, 2.45) is 0 Å². The first-order chi connectivity index (χ1) is 9.15. The Morgan fingerprint density at radius 1 is 1.37 bits per heavy atom. The number of hydrogen-bond donors (Lipinski definition) is 1. The first kappa shape index (κ1) is 14.9. The van der Waals surface area contributed by atoms with E-state index in [1.165, 1.54) is 23.5 Å². The molecular weight excluding hydrogens is 252 g/mol. The molecule has 2 nitrogen and oxygen atoms in total. The van der Waals surface area contributed by atoms with Gasteiger partial charge in [0, 0.05) is 30.3 Å². The van der Waals surface area contributed by atoms with Gasteiger partial charge in [0.25, 0.3) is 0 Å². The van der Waals surface area contributed by atoms with Gasteiger partial charge in [-0.15, -0.1) is 0 Å². The Morgan fingerprint density at radius 2 is 2.11 bits per heavy atom. The zero-order chi connectivity index (χ0) is 13.7. The lowest BCUT2D eigenvalue weighted by Crippen LogP contribution is -2.46. The predicted molar refractivity (Wildman–Crippen MR) is 86.1 cm³/mol. The van der Waals surface area contributed by atoms with Crippen molar-refractivity contribution >= 4 is 11.8 Å². The van der Waals surface area contributed by atoms with Gasteiger partial charge in [0.05, 0.1) is 0 Å². The molecule has 106 valence electrons. The number of hydrogen-bond acceptors (Lipinski definition) is 3. The first-order valence-corrected chi connectivity index (χ1v) is 8.29. The van der Waals surface area contributed by atoms with Crippen LogP contribution in [-0.4, -0.2) is 49.6 Å². The van der Waals surface area contributed by atoms with E-state index in [1.807, 2.05) is 7.05 Å². The van der Waals surface area contributed by atoms with Gasteiger partial charge in [-0.3, -0.25) is 0 Å². The van der Waals surface area contributed by atoms with Crippen molar-refractivity contribution in [3.8, 4) is 0 Å². The molecule has 0 bridgehead atoms. The zero-order valence-electron chi connectivity index (χ0n) is 12.4. The minimum absolute atomic E-state index is 0.179. The highest BCUT2D eigenvalue weighted by Crippen LogP contribution is 2.28. The first-order valence-electron chi connectivity index (χ1n) is 7.14. The molecular formula is C16H26N2S. The van der Waals surface area contributed by atoms with Gasteiger partial charge in [-0.25, -0.2) is 0 Å². The summed E-state index contributed by atoms with van der Waals surface area (Å²) in [5.74, 6) is 2.62. The lowest BCUT2D eigenvalue weighted by atomic mass is 9.81. The summed E-state index contributed by atoms with van der Waals surface area (Å²) in [4.78, 5) is 2.56. The molecule has 0 aliphatic carbocycles. The van der Waals surface area contributed by atoms with Gasteiger partial charge >= 0.3 is 0 Å². The van der Waals surface area contributed by atoms with E-state index in [1.54, 1.807) is 0 Å².